The number of fused-ring (bicyclic) bond motifs is 3. The zero-order valence-electron chi connectivity index (χ0n) is 27.3. The number of hydrogen-bond acceptors (Lipinski definition) is 4. The number of pyridine rings is 2. The normalized spacial score (nSPS) is 13.9. The second-order valence-corrected chi connectivity index (χ2v) is 18.2. The predicted molar refractivity (Wildman–Crippen MR) is 180 cm³/mol. The Hall–Kier alpha value is -2.66. The minimum atomic E-state index is -1.47. The third kappa shape index (κ3) is 6.87. The van der Waals surface area contributed by atoms with Crippen molar-refractivity contribution in [3.63, 3.8) is 0 Å². The summed E-state index contributed by atoms with van der Waals surface area (Å²) < 4.78 is 0. The zero-order valence-corrected chi connectivity index (χ0v) is 30.7. The predicted octanol–water partition coefficient (Wildman–Crippen LogP) is 9.30. The number of ketones is 1. The molecule has 0 bridgehead atoms. The van der Waals surface area contributed by atoms with Gasteiger partial charge in [0.1, 0.15) is 0 Å². The van der Waals surface area contributed by atoms with Crippen LogP contribution < -0.4 is 5.19 Å². The number of benzene rings is 2. The minimum absolute atomic E-state index is 0. The Kier molecular flexibility index (Phi) is 11.3. The Balaban J connectivity index is 0.000000274. The maximum absolute atomic E-state index is 11.7. The van der Waals surface area contributed by atoms with Crippen LogP contribution in [0.15, 0.2) is 60.6 Å². The van der Waals surface area contributed by atoms with E-state index in [-0.39, 0.29) is 48.9 Å². The van der Waals surface area contributed by atoms with Crippen molar-refractivity contribution < 1.29 is 30.0 Å². The van der Waals surface area contributed by atoms with Crippen molar-refractivity contribution >= 4 is 40.7 Å². The van der Waals surface area contributed by atoms with E-state index in [0.29, 0.717) is 0 Å². The van der Waals surface area contributed by atoms with Crippen LogP contribution in [0, 0.1) is 17.9 Å². The van der Waals surface area contributed by atoms with Crippen LogP contribution in [0.25, 0.3) is 32.9 Å². The summed E-state index contributed by atoms with van der Waals surface area (Å²) in [6.07, 6.45) is 8.88. The summed E-state index contributed by atoms with van der Waals surface area (Å²) in [5.74, 6) is 0.547. The van der Waals surface area contributed by atoms with E-state index in [2.05, 4.69) is 74.9 Å². The molecule has 0 spiro atoms. The molecule has 5 rings (SSSR count). The smallest absolute Gasteiger partial charge is 0.162 e. The van der Waals surface area contributed by atoms with E-state index in [0.717, 1.165) is 47.8 Å². The summed E-state index contributed by atoms with van der Waals surface area (Å²) in [6, 6.07) is 16.6. The summed E-state index contributed by atoms with van der Waals surface area (Å²) >= 11 is 0. The van der Waals surface area contributed by atoms with Crippen molar-refractivity contribution in [2.75, 3.05) is 0 Å². The van der Waals surface area contributed by atoms with Gasteiger partial charge in [0, 0.05) is 55.8 Å². The summed E-state index contributed by atoms with van der Waals surface area (Å²) in [6.45, 7) is 19.9. The van der Waals surface area contributed by atoms with Crippen LogP contribution in [0.5, 0.6) is 0 Å². The first kappa shape index (κ1) is 34.8. The molecule has 0 saturated heterocycles. The summed E-state index contributed by atoms with van der Waals surface area (Å²) in [7, 11) is -1.47. The molecule has 2 aromatic carbocycles. The van der Waals surface area contributed by atoms with Gasteiger partial charge in [-0.2, -0.15) is 0 Å². The van der Waals surface area contributed by atoms with Crippen LogP contribution >= 0.6 is 0 Å². The van der Waals surface area contributed by atoms with Crippen LogP contribution in [0.3, 0.4) is 0 Å². The van der Waals surface area contributed by atoms with Crippen molar-refractivity contribution in [2.24, 2.45) is 11.8 Å². The molecule has 0 aliphatic heterocycles. The van der Waals surface area contributed by atoms with Crippen molar-refractivity contribution in [3.05, 3.63) is 77.8 Å². The molecular formula is C37H47IrN2O2Si-. The molecule has 43 heavy (non-hydrogen) atoms. The first-order chi connectivity index (χ1) is 19.9. The fourth-order valence-electron chi connectivity index (χ4n) is 6.27. The number of aliphatic hydroxyl groups is 1. The van der Waals surface area contributed by atoms with Crippen molar-refractivity contribution in [1.29, 1.82) is 0 Å². The molecule has 0 saturated carbocycles. The van der Waals surface area contributed by atoms with E-state index < -0.39 is 8.07 Å². The third-order valence-corrected chi connectivity index (χ3v) is 11.1. The molecule has 4 aromatic rings. The third-order valence-electron chi connectivity index (χ3n) is 9.05. The number of nitrogens with zero attached hydrogens (tertiary/aromatic N) is 2. The monoisotopic (exact) mass is 772 g/mol. The number of hydrogen-bond donors (Lipinski definition) is 1. The van der Waals surface area contributed by atoms with Crippen LogP contribution in [-0.2, 0) is 30.3 Å². The Morgan fingerprint density at radius 1 is 0.977 bits per heavy atom. The molecule has 0 atom stereocenters. The number of aromatic nitrogens is 2. The number of carbonyl (C=O) groups is 1. The maximum Gasteiger partial charge on any atom is 0.162 e. The van der Waals surface area contributed by atoms with Crippen molar-refractivity contribution in [2.45, 2.75) is 92.3 Å². The van der Waals surface area contributed by atoms with Gasteiger partial charge in [0.25, 0.3) is 0 Å². The second kappa shape index (κ2) is 14.0. The molecule has 231 valence electrons. The van der Waals surface area contributed by atoms with Gasteiger partial charge in [0.2, 0.25) is 0 Å². The van der Waals surface area contributed by atoms with Gasteiger partial charge < -0.3 is 5.11 Å². The Morgan fingerprint density at radius 3 is 2.23 bits per heavy atom. The van der Waals surface area contributed by atoms with E-state index in [9.17, 15) is 9.90 Å². The summed E-state index contributed by atoms with van der Waals surface area (Å²) in [5.41, 5.74) is 5.69. The van der Waals surface area contributed by atoms with Crippen molar-refractivity contribution in [1.82, 2.24) is 9.97 Å². The molecule has 0 fully saturated rings. The number of carbonyl (C=O) groups excluding carboxylic acids is 1. The molecule has 6 heteroatoms. The van der Waals surface area contributed by atoms with Crippen LogP contribution in [0.2, 0.25) is 19.6 Å². The molecule has 0 amide bonds. The van der Waals surface area contributed by atoms with E-state index in [1.54, 1.807) is 0 Å². The second-order valence-electron chi connectivity index (χ2n) is 13.1. The van der Waals surface area contributed by atoms with Gasteiger partial charge in [-0.15, -0.1) is 23.8 Å². The molecular weight excluding hydrogens is 725 g/mol. The summed E-state index contributed by atoms with van der Waals surface area (Å²) in [4.78, 5) is 21.4. The van der Waals surface area contributed by atoms with E-state index in [1.165, 1.54) is 33.2 Å². The molecule has 1 aliphatic rings. The average molecular weight is 772 g/mol. The Bertz CT molecular complexity index is 1620. The Labute approximate surface area is 272 Å². The van der Waals surface area contributed by atoms with Gasteiger partial charge in [-0.3, -0.25) is 14.8 Å². The largest absolute Gasteiger partial charge is 0.512 e. The molecule has 1 N–H and O–H groups in total. The van der Waals surface area contributed by atoms with E-state index >= 15 is 0 Å². The number of allylic oxidation sites excluding steroid dienone is 2. The average Bonchev–Trinajstić information content (AvgIpc) is 2.96. The van der Waals surface area contributed by atoms with Gasteiger partial charge in [0.05, 0.1) is 19.3 Å². The maximum atomic E-state index is 11.7. The van der Waals surface area contributed by atoms with E-state index in [4.69, 9.17) is 4.98 Å². The van der Waals surface area contributed by atoms with Gasteiger partial charge in [-0.05, 0) is 42.8 Å². The molecule has 1 aliphatic carbocycles. The topological polar surface area (TPSA) is 63.1 Å². The van der Waals surface area contributed by atoms with Gasteiger partial charge in [-0.25, -0.2) is 0 Å². The molecule has 2 heterocycles. The Morgan fingerprint density at radius 2 is 1.63 bits per heavy atom. The molecule has 0 unspecified atom stereocenters. The van der Waals surface area contributed by atoms with Crippen LogP contribution in [-0.4, -0.2) is 28.9 Å². The first-order valence-electron chi connectivity index (χ1n) is 15.6. The number of aliphatic hydroxyl groups excluding tert-OH is 1. The molecule has 2 aromatic heterocycles. The van der Waals surface area contributed by atoms with Gasteiger partial charge in [0.15, 0.2) is 5.78 Å². The SMILES string of the molecule is CC1(C)c2cc3c([Si](C)(C)C)cccc3nc2-c2[c-]ccc3cncc1c23.CCC(CC)C(=O)/C=C(\O)C(CC)CC.[Ir]. The fourth-order valence-corrected chi connectivity index (χ4v) is 7.88. The number of rotatable bonds is 8. The quantitative estimate of drug-likeness (QED) is 0.0840. The van der Waals surface area contributed by atoms with E-state index in [1.807, 2.05) is 46.2 Å². The van der Waals surface area contributed by atoms with Crippen molar-refractivity contribution in [3.8, 4) is 11.3 Å². The van der Waals surface area contributed by atoms with Gasteiger partial charge in [-0.1, -0.05) is 106 Å². The molecule has 1 radical (unpaired) electrons. The summed E-state index contributed by atoms with van der Waals surface area (Å²) in [5, 5.41) is 15.0. The van der Waals surface area contributed by atoms with Crippen LogP contribution in [0.1, 0.15) is 78.4 Å². The standard InChI is InChI=1S/C24H23N2Si.C13H24O2.Ir/c1-24(2)18-12-17-20(10-7-11-21(17)27(3,4)5)26-23(18)16-9-6-8-15-13-25-14-19(24)22(15)16;1-5-10(6-2)12(14)9-13(15)11(7-3)8-4;/h6-8,10-14H,1-5H3;9-11,14H,5-8H2,1-4H3;/q-1;;/b;12-9-;. The fraction of sp³-hybridized carbons (Fsp3) is 0.432. The molecule has 4 nitrogen and oxygen atoms in total. The minimum Gasteiger partial charge on any atom is -0.512 e. The zero-order chi connectivity index (χ0) is 30.8. The van der Waals surface area contributed by atoms with Gasteiger partial charge >= 0.3 is 0 Å². The first-order valence-corrected chi connectivity index (χ1v) is 19.1. The van der Waals surface area contributed by atoms with Crippen LogP contribution in [0.4, 0.5) is 0 Å².